The maximum absolute atomic E-state index is 13.7. The van der Waals surface area contributed by atoms with E-state index in [2.05, 4.69) is 10.7 Å². The normalized spacial score (nSPS) is 16.2. The molecule has 2 aromatic carbocycles. The van der Waals surface area contributed by atoms with Crippen molar-refractivity contribution < 1.29 is 27.5 Å². The lowest BCUT2D eigenvalue weighted by atomic mass is 10.0. The molecule has 1 aliphatic rings. The Bertz CT molecular complexity index is 1180. The van der Waals surface area contributed by atoms with Gasteiger partial charge in [-0.3, -0.25) is 9.59 Å². The van der Waals surface area contributed by atoms with Crippen molar-refractivity contribution in [3.05, 3.63) is 87.6 Å². The monoisotopic (exact) mass is 516 g/mol. The van der Waals surface area contributed by atoms with E-state index in [0.29, 0.717) is 37.3 Å². The molecule has 0 bridgehead atoms. The Balaban J connectivity index is 1.59. The van der Waals surface area contributed by atoms with Crippen LogP contribution in [0, 0.1) is 0 Å². The number of amides is 2. The number of ether oxygens (including phenoxy) is 1. The van der Waals surface area contributed by atoms with E-state index in [-0.39, 0.29) is 12.5 Å². The van der Waals surface area contributed by atoms with E-state index in [1.807, 2.05) is 11.4 Å². The molecule has 1 saturated heterocycles. The first-order valence-corrected chi connectivity index (χ1v) is 12.7. The van der Waals surface area contributed by atoms with Crippen molar-refractivity contribution in [3.63, 3.8) is 0 Å². The van der Waals surface area contributed by atoms with Crippen LogP contribution in [0.3, 0.4) is 0 Å². The van der Waals surface area contributed by atoms with Crippen LogP contribution < -0.4 is 10.1 Å². The minimum atomic E-state index is -4.69. The summed E-state index contributed by atoms with van der Waals surface area (Å²) in [7, 11) is 0. The van der Waals surface area contributed by atoms with Crippen LogP contribution in [0.2, 0.25) is 0 Å². The van der Waals surface area contributed by atoms with Gasteiger partial charge in [0.25, 0.3) is 5.91 Å². The number of benzene rings is 2. The minimum Gasteiger partial charge on any atom is -0.493 e. The van der Waals surface area contributed by atoms with Gasteiger partial charge in [-0.2, -0.15) is 24.5 Å². The fourth-order valence-corrected chi connectivity index (χ4v) is 4.97. The van der Waals surface area contributed by atoms with Gasteiger partial charge >= 0.3 is 6.18 Å². The van der Waals surface area contributed by atoms with E-state index in [1.54, 1.807) is 35.6 Å². The molecule has 4 rings (SSSR count). The molecule has 1 fully saturated rings. The Hall–Kier alpha value is -3.33. The highest BCUT2D eigenvalue weighted by Gasteiger charge is 2.38. The largest absolute Gasteiger partial charge is 0.493 e. The molecule has 1 aromatic heterocycles. The molecule has 0 radical (unpaired) electrons. The van der Waals surface area contributed by atoms with Gasteiger partial charge in [0, 0.05) is 19.5 Å². The third kappa shape index (κ3) is 6.46. The number of alkyl halides is 3. The van der Waals surface area contributed by atoms with Crippen molar-refractivity contribution in [3.8, 4) is 5.75 Å². The lowest BCUT2D eigenvalue weighted by Crippen LogP contribution is -2.48. The molecule has 2 heterocycles. The van der Waals surface area contributed by atoms with Gasteiger partial charge in [0.1, 0.15) is 11.8 Å². The SMILES string of the molecule is O=C1NCCCC[C@@H]1N(Cc1cccc(OCCc2ccsc2)c1)C(=O)c1ccccc1C(F)(F)F. The number of nitrogens with one attached hydrogen (secondary N) is 1. The van der Waals surface area contributed by atoms with E-state index in [9.17, 15) is 22.8 Å². The molecular weight excluding hydrogens is 489 g/mol. The topological polar surface area (TPSA) is 58.6 Å². The van der Waals surface area contributed by atoms with Crippen molar-refractivity contribution in [2.45, 2.75) is 44.4 Å². The van der Waals surface area contributed by atoms with Crippen LogP contribution in [0.4, 0.5) is 13.2 Å². The van der Waals surface area contributed by atoms with Gasteiger partial charge < -0.3 is 15.0 Å². The molecule has 0 aliphatic carbocycles. The van der Waals surface area contributed by atoms with E-state index < -0.39 is 29.3 Å². The summed E-state index contributed by atoms with van der Waals surface area (Å²) >= 11 is 1.62. The average Bonchev–Trinajstić information content (AvgIpc) is 3.29. The molecular formula is C27H27F3N2O3S. The summed E-state index contributed by atoms with van der Waals surface area (Å²) in [5, 5.41) is 6.84. The number of halogens is 3. The summed E-state index contributed by atoms with van der Waals surface area (Å²) in [6.07, 6.45) is -2.14. The van der Waals surface area contributed by atoms with Gasteiger partial charge in [0.2, 0.25) is 5.91 Å². The number of nitrogens with zero attached hydrogens (tertiary/aromatic N) is 1. The molecule has 2 amide bonds. The van der Waals surface area contributed by atoms with Crippen LogP contribution in [-0.4, -0.2) is 35.9 Å². The molecule has 1 aliphatic heterocycles. The smallest absolute Gasteiger partial charge is 0.417 e. The van der Waals surface area contributed by atoms with Gasteiger partial charge in [-0.15, -0.1) is 0 Å². The Morgan fingerprint density at radius 3 is 2.69 bits per heavy atom. The number of thiophene rings is 1. The van der Waals surface area contributed by atoms with Crippen LogP contribution in [0.25, 0.3) is 0 Å². The second-order valence-electron chi connectivity index (χ2n) is 8.66. The quantitative estimate of drug-likeness (QED) is 0.418. The summed E-state index contributed by atoms with van der Waals surface area (Å²) in [5.41, 5.74) is 0.360. The number of rotatable bonds is 8. The lowest BCUT2D eigenvalue weighted by molar-refractivity contribution is -0.138. The zero-order valence-electron chi connectivity index (χ0n) is 19.6. The second kappa shape index (κ2) is 11.6. The van der Waals surface area contributed by atoms with Gasteiger partial charge in [0.15, 0.2) is 0 Å². The Labute approximate surface area is 211 Å². The number of carbonyl (C=O) groups is 2. The predicted molar refractivity (Wildman–Crippen MR) is 132 cm³/mol. The molecule has 3 aromatic rings. The van der Waals surface area contributed by atoms with Crippen LogP contribution in [0.15, 0.2) is 65.4 Å². The van der Waals surface area contributed by atoms with Gasteiger partial charge in [-0.05, 0) is 71.5 Å². The van der Waals surface area contributed by atoms with Crippen LogP contribution >= 0.6 is 11.3 Å². The molecule has 0 saturated carbocycles. The Kier molecular flexibility index (Phi) is 8.30. The summed E-state index contributed by atoms with van der Waals surface area (Å²) in [6.45, 7) is 0.918. The molecule has 1 N–H and O–H groups in total. The van der Waals surface area contributed by atoms with Gasteiger partial charge in [-0.25, -0.2) is 0 Å². The summed E-state index contributed by atoms with van der Waals surface area (Å²) in [4.78, 5) is 27.7. The van der Waals surface area contributed by atoms with Crippen molar-refractivity contribution in [2.75, 3.05) is 13.2 Å². The molecule has 190 valence electrons. The fraction of sp³-hybridized carbons (Fsp3) is 0.333. The molecule has 0 spiro atoms. The maximum Gasteiger partial charge on any atom is 0.417 e. The standard InChI is InChI=1S/C27H27F3N2O3S/c28-27(29,30)23-9-2-1-8-22(23)26(34)32(24-10-3-4-13-31-25(24)33)17-20-6-5-7-21(16-20)35-14-11-19-12-15-36-18-19/h1-2,5-9,12,15-16,18,24H,3-4,10-11,13-14,17H2,(H,31,33)/t24-/m0/s1. The third-order valence-corrected chi connectivity index (χ3v) is 6.83. The highest BCUT2D eigenvalue weighted by molar-refractivity contribution is 7.07. The summed E-state index contributed by atoms with van der Waals surface area (Å²) in [6, 6.07) is 13.0. The van der Waals surface area contributed by atoms with Crippen LogP contribution in [0.5, 0.6) is 5.75 Å². The summed E-state index contributed by atoms with van der Waals surface area (Å²) < 4.78 is 46.9. The van der Waals surface area contributed by atoms with Crippen LogP contribution in [-0.2, 0) is 23.9 Å². The zero-order chi connectivity index (χ0) is 25.5. The third-order valence-electron chi connectivity index (χ3n) is 6.10. The van der Waals surface area contributed by atoms with E-state index in [1.165, 1.54) is 22.6 Å². The number of hydrogen-bond acceptors (Lipinski definition) is 4. The molecule has 5 nitrogen and oxygen atoms in total. The first-order valence-electron chi connectivity index (χ1n) is 11.8. The first-order chi connectivity index (χ1) is 17.3. The van der Waals surface area contributed by atoms with Crippen molar-refractivity contribution >= 4 is 23.2 Å². The lowest BCUT2D eigenvalue weighted by Gasteiger charge is -2.31. The molecule has 1 atom stereocenters. The highest BCUT2D eigenvalue weighted by atomic mass is 32.1. The fourth-order valence-electron chi connectivity index (χ4n) is 4.27. The van der Waals surface area contributed by atoms with Crippen LogP contribution in [0.1, 0.15) is 46.3 Å². The van der Waals surface area contributed by atoms with E-state index in [0.717, 1.165) is 25.0 Å². The minimum absolute atomic E-state index is 0.0230. The zero-order valence-corrected chi connectivity index (χ0v) is 20.4. The predicted octanol–water partition coefficient (Wildman–Crippen LogP) is 5.70. The average molecular weight is 517 g/mol. The maximum atomic E-state index is 13.7. The Morgan fingerprint density at radius 2 is 1.92 bits per heavy atom. The highest BCUT2D eigenvalue weighted by Crippen LogP contribution is 2.33. The first kappa shape index (κ1) is 25.8. The van der Waals surface area contributed by atoms with Gasteiger partial charge in [-0.1, -0.05) is 24.3 Å². The second-order valence-corrected chi connectivity index (χ2v) is 9.44. The van der Waals surface area contributed by atoms with Crippen molar-refractivity contribution in [1.29, 1.82) is 0 Å². The number of carbonyl (C=O) groups excluding carboxylic acids is 2. The molecule has 0 unspecified atom stereocenters. The molecule has 9 heteroatoms. The Morgan fingerprint density at radius 1 is 1.08 bits per heavy atom. The molecule has 36 heavy (non-hydrogen) atoms. The van der Waals surface area contributed by atoms with E-state index >= 15 is 0 Å². The van der Waals surface area contributed by atoms with E-state index in [4.69, 9.17) is 4.74 Å². The number of hydrogen-bond donors (Lipinski definition) is 1. The summed E-state index contributed by atoms with van der Waals surface area (Å²) in [5.74, 6) is -0.585. The van der Waals surface area contributed by atoms with Crippen molar-refractivity contribution in [1.82, 2.24) is 10.2 Å². The van der Waals surface area contributed by atoms with Crippen molar-refractivity contribution in [2.24, 2.45) is 0 Å². The van der Waals surface area contributed by atoms with Gasteiger partial charge in [0.05, 0.1) is 17.7 Å².